The summed E-state index contributed by atoms with van der Waals surface area (Å²) in [6.45, 7) is 6.01. The highest BCUT2D eigenvalue weighted by Crippen LogP contribution is 2.31. The molecule has 1 unspecified atom stereocenters. The molecule has 0 amide bonds. The van der Waals surface area contributed by atoms with Crippen LogP contribution in [0.3, 0.4) is 0 Å². The van der Waals surface area contributed by atoms with Gasteiger partial charge in [0.15, 0.2) is 5.78 Å². The number of rotatable bonds is 2. The molecule has 0 aromatic heterocycles. The Kier molecular flexibility index (Phi) is 4.15. The average molecular weight is 314 g/mol. The van der Waals surface area contributed by atoms with Gasteiger partial charge >= 0.3 is 0 Å². The number of anilines is 1. The van der Waals surface area contributed by atoms with E-state index in [0.717, 1.165) is 23.1 Å². The molecule has 0 saturated carbocycles. The molecule has 0 radical (unpaired) electrons. The second-order valence-electron chi connectivity index (χ2n) is 4.35. The summed E-state index contributed by atoms with van der Waals surface area (Å²) >= 11 is 5.59. The molecule has 17 heavy (non-hydrogen) atoms. The molecule has 1 aliphatic heterocycles. The van der Waals surface area contributed by atoms with Crippen LogP contribution in [0.25, 0.3) is 0 Å². The van der Waals surface area contributed by atoms with Gasteiger partial charge in [-0.15, -0.1) is 0 Å². The van der Waals surface area contributed by atoms with E-state index in [-0.39, 0.29) is 5.78 Å². The van der Waals surface area contributed by atoms with Gasteiger partial charge in [-0.05, 0) is 41.1 Å². The SMILES string of the molecule is CC(=O)c1ccc(N2CCSC(C)C2)c(Br)c1. The first-order chi connectivity index (χ1) is 8.08. The van der Waals surface area contributed by atoms with Crippen molar-refractivity contribution in [2.45, 2.75) is 19.1 Å². The van der Waals surface area contributed by atoms with Crippen LogP contribution in [0, 0.1) is 0 Å². The molecule has 92 valence electrons. The zero-order chi connectivity index (χ0) is 12.4. The van der Waals surface area contributed by atoms with Crippen molar-refractivity contribution in [2.75, 3.05) is 23.7 Å². The Morgan fingerprint density at radius 3 is 2.88 bits per heavy atom. The Morgan fingerprint density at radius 1 is 1.53 bits per heavy atom. The Morgan fingerprint density at radius 2 is 2.29 bits per heavy atom. The van der Waals surface area contributed by atoms with Crippen LogP contribution in [0.15, 0.2) is 22.7 Å². The minimum atomic E-state index is 0.111. The van der Waals surface area contributed by atoms with Crippen molar-refractivity contribution in [3.05, 3.63) is 28.2 Å². The molecule has 1 aromatic rings. The summed E-state index contributed by atoms with van der Waals surface area (Å²) in [6, 6.07) is 5.88. The fourth-order valence-electron chi connectivity index (χ4n) is 2.02. The van der Waals surface area contributed by atoms with Crippen molar-refractivity contribution in [2.24, 2.45) is 0 Å². The van der Waals surface area contributed by atoms with Gasteiger partial charge in [-0.2, -0.15) is 11.8 Å². The number of carbonyl (C=O) groups excluding carboxylic acids is 1. The second-order valence-corrected chi connectivity index (χ2v) is 6.75. The van der Waals surface area contributed by atoms with Gasteiger partial charge in [0.05, 0.1) is 5.69 Å². The van der Waals surface area contributed by atoms with Crippen LogP contribution in [0.1, 0.15) is 24.2 Å². The molecular formula is C13H16BrNOS. The lowest BCUT2D eigenvalue weighted by atomic mass is 10.1. The van der Waals surface area contributed by atoms with Crippen molar-refractivity contribution >= 4 is 39.2 Å². The fourth-order valence-corrected chi connectivity index (χ4v) is 3.66. The predicted molar refractivity (Wildman–Crippen MR) is 78.3 cm³/mol. The number of benzene rings is 1. The summed E-state index contributed by atoms with van der Waals surface area (Å²) < 4.78 is 1.02. The molecule has 0 N–H and O–H groups in total. The molecular weight excluding hydrogens is 298 g/mol. The normalized spacial score (nSPS) is 20.4. The summed E-state index contributed by atoms with van der Waals surface area (Å²) in [5, 5.41) is 0.670. The number of carbonyl (C=O) groups is 1. The first-order valence-electron chi connectivity index (χ1n) is 5.75. The first-order valence-corrected chi connectivity index (χ1v) is 7.59. The minimum absolute atomic E-state index is 0.111. The maximum atomic E-state index is 11.3. The Labute approximate surface area is 115 Å². The van der Waals surface area contributed by atoms with Gasteiger partial charge in [0.2, 0.25) is 0 Å². The second kappa shape index (κ2) is 5.44. The number of hydrogen-bond donors (Lipinski definition) is 0. The lowest BCUT2D eigenvalue weighted by molar-refractivity contribution is 0.101. The quantitative estimate of drug-likeness (QED) is 0.778. The third-order valence-electron chi connectivity index (χ3n) is 2.94. The number of ketones is 1. The lowest BCUT2D eigenvalue weighted by Crippen LogP contribution is -2.36. The van der Waals surface area contributed by atoms with E-state index in [2.05, 4.69) is 27.8 Å². The van der Waals surface area contributed by atoms with E-state index in [1.165, 1.54) is 11.4 Å². The van der Waals surface area contributed by atoms with Crippen molar-refractivity contribution in [1.82, 2.24) is 0 Å². The maximum absolute atomic E-state index is 11.3. The van der Waals surface area contributed by atoms with E-state index >= 15 is 0 Å². The molecule has 2 rings (SSSR count). The van der Waals surface area contributed by atoms with Gasteiger partial charge in [-0.25, -0.2) is 0 Å². The van der Waals surface area contributed by atoms with Crippen LogP contribution in [-0.4, -0.2) is 29.9 Å². The van der Waals surface area contributed by atoms with Gasteiger partial charge in [-0.1, -0.05) is 6.92 Å². The van der Waals surface area contributed by atoms with Crippen LogP contribution in [-0.2, 0) is 0 Å². The lowest BCUT2D eigenvalue weighted by Gasteiger charge is -2.33. The molecule has 1 heterocycles. The van der Waals surface area contributed by atoms with Gasteiger partial charge in [0.1, 0.15) is 0 Å². The first kappa shape index (κ1) is 13.0. The maximum Gasteiger partial charge on any atom is 0.159 e. The highest BCUT2D eigenvalue weighted by atomic mass is 79.9. The molecule has 1 fully saturated rings. The smallest absolute Gasteiger partial charge is 0.159 e. The van der Waals surface area contributed by atoms with E-state index in [1.54, 1.807) is 6.92 Å². The number of Topliss-reactive ketones (excluding diaryl/α,β-unsaturated/α-hetero) is 1. The molecule has 1 atom stereocenters. The van der Waals surface area contributed by atoms with Crippen molar-refractivity contribution in [3.8, 4) is 0 Å². The van der Waals surface area contributed by atoms with E-state index < -0.39 is 0 Å². The van der Waals surface area contributed by atoms with E-state index in [9.17, 15) is 4.79 Å². The van der Waals surface area contributed by atoms with E-state index in [1.807, 2.05) is 30.0 Å². The molecule has 4 heteroatoms. The number of halogens is 1. The van der Waals surface area contributed by atoms with Crippen LogP contribution in [0.2, 0.25) is 0 Å². The zero-order valence-electron chi connectivity index (χ0n) is 10.1. The Bertz CT molecular complexity index is 435. The number of thioether (sulfide) groups is 1. The van der Waals surface area contributed by atoms with Crippen LogP contribution in [0.4, 0.5) is 5.69 Å². The van der Waals surface area contributed by atoms with E-state index in [0.29, 0.717) is 5.25 Å². The molecule has 0 aliphatic carbocycles. The average Bonchev–Trinajstić information content (AvgIpc) is 2.28. The highest BCUT2D eigenvalue weighted by molar-refractivity contribution is 9.10. The largest absolute Gasteiger partial charge is 0.369 e. The van der Waals surface area contributed by atoms with Gasteiger partial charge in [0.25, 0.3) is 0 Å². The topological polar surface area (TPSA) is 20.3 Å². The Hall–Kier alpha value is -0.480. The monoisotopic (exact) mass is 313 g/mol. The molecule has 0 spiro atoms. The number of nitrogens with zero attached hydrogens (tertiary/aromatic N) is 1. The molecule has 1 saturated heterocycles. The summed E-state index contributed by atoms with van der Waals surface area (Å²) in [6.07, 6.45) is 0. The fraction of sp³-hybridized carbons (Fsp3) is 0.462. The minimum Gasteiger partial charge on any atom is -0.369 e. The Balaban J connectivity index is 2.23. The molecule has 1 aromatic carbocycles. The van der Waals surface area contributed by atoms with Gasteiger partial charge < -0.3 is 4.90 Å². The van der Waals surface area contributed by atoms with Crippen molar-refractivity contribution in [1.29, 1.82) is 0 Å². The highest BCUT2D eigenvalue weighted by Gasteiger charge is 2.19. The summed E-state index contributed by atoms with van der Waals surface area (Å²) in [5.74, 6) is 1.28. The van der Waals surface area contributed by atoms with Gasteiger partial charge in [-0.3, -0.25) is 4.79 Å². The molecule has 1 aliphatic rings. The van der Waals surface area contributed by atoms with Crippen molar-refractivity contribution in [3.63, 3.8) is 0 Å². The summed E-state index contributed by atoms with van der Waals surface area (Å²) in [7, 11) is 0. The predicted octanol–water partition coefficient (Wildman–Crippen LogP) is 3.59. The van der Waals surface area contributed by atoms with Crippen molar-refractivity contribution < 1.29 is 4.79 Å². The third-order valence-corrected chi connectivity index (χ3v) is 4.71. The standard InChI is InChI=1S/C13H16BrNOS/c1-9-8-15(5-6-17-9)13-4-3-11(10(2)16)7-12(13)14/h3-4,7,9H,5-6,8H2,1-2H3. The molecule has 2 nitrogen and oxygen atoms in total. The van der Waals surface area contributed by atoms with E-state index in [4.69, 9.17) is 0 Å². The zero-order valence-corrected chi connectivity index (χ0v) is 12.5. The summed E-state index contributed by atoms with van der Waals surface area (Å²) in [5.41, 5.74) is 1.96. The van der Waals surface area contributed by atoms with Crippen LogP contribution >= 0.6 is 27.7 Å². The summed E-state index contributed by atoms with van der Waals surface area (Å²) in [4.78, 5) is 13.7. The number of hydrogen-bond acceptors (Lipinski definition) is 3. The molecule has 0 bridgehead atoms. The van der Waals surface area contributed by atoms with Crippen LogP contribution < -0.4 is 4.90 Å². The van der Waals surface area contributed by atoms with Gasteiger partial charge in [0, 0.05) is 34.1 Å². The third kappa shape index (κ3) is 3.05. The van der Waals surface area contributed by atoms with Crippen LogP contribution in [0.5, 0.6) is 0 Å².